The SMILES string of the molecule is CCN(CC)c1ncc(CNCc2ccco2)s1. The van der Waals surface area contributed by atoms with E-state index in [2.05, 4.69) is 29.0 Å². The van der Waals surface area contributed by atoms with Crippen LogP contribution in [0.3, 0.4) is 0 Å². The van der Waals surface area contributed by atoms with Crippen LogP contribution in [0.15, 0.2) is 29.0 Å². The molecule has 0 fully saturated rings. The molecule has 2 rings (SSSR count). The fraction of sp³-hybridized carbons (Fsp3) is 0.462. The molecule has 0 unspecified atom stereocenters. The molecule has 2 aromatic heterocycles. The lowest BCUT2D eigenvalue weighted by Gasteiger charge is -2.16. The average Bonchev–Trinajstić information content (AvgIpc) is 3.03. The van der Waals surface area contributed by atoms with Crippen molar-refractivity contribution in [1.29, 1.82) is 0 Å². The van der Waals surface area contributed by atoms with Crippen molar-refractivity contribution in [2.75, 3.05) is 18.0 Å². The Morgan fingerprint density at radius 1 is 1.33 bits per heavy atom. The van der Waals surface area contributed by atoms with Crippen molar-refractivity contribution in [2.24, 2.45) is 0 Å². The van der Waals surface area contributed by atoms with Gasteiger partial charge in [-0.25, -0.2) is 4.98 Å². The van der Waals surface area contributed by atoms with Gasteiger partial charge in [0.1, 0.15) is 5.76 Å². The Balaban J connectivity index is 1.83. The number of hydrogen-bond donors (Lipinski definition) is 1. The van der Waals surface area contributed by atoms with Crippen molar-refractivity contribution in [3.8, 4) is 0 Å². The van der Waals surface area contributed by atoms with Crippen molar-refractivity contribution in [2.45, 2.75) is 26.9 Å². The first-order valence-corrected chi connectivity index (χ1v) is 7.07. The number of nitrogens with zero attached hydrogens (tertiary/aromatic N) is 2. The Hall–Kier alpha value is -1.33. The molecule has 2 heterocycles. The van der Waals surface area contributed by atoms with E-state index in [1.807, 2.05) is 18.3 Å². The third-order valence-electron chi connectivity index (χ3n) is 2.75. The van der Waals surface area contributed by atoms with Gasteiger partial charge in [0.15, 0.2) is 5.13 Å². The largest absolute Gasteiger partial charge is 0.468 e. The summed E-state index contributed by atoms with van der Waals surface area (Å²) in [4.78, 5) is 7.97. The number of nitrogens with one attached hydrogen (secondary N) is 1. The highest BCUT2D eigenvalue weighted by atomic mass is 32.1. The third kappa shape index (κ3) is 3.34. The molecule has 0 spiro atoms. The van der Waals surface area contributed by atoms with Gasteiger partial charge in [-0.1, -0.05) is 0 Å². The summed E-state index contributed by atoms with van der Waals surface area (Å²) in [7, 11) is 0. The highest BCUT2D eigenvalue weighted by Crippen LogP contribution is 2.22. The van der Waals surface area contributed by atoms with Gasteiger partial charge in [0.2, 0.25) is 0 Å². The minimum absolute atomic E-state index is 0.755. The van der Waals surface area contributed by atoms with E-state index in [0.717, 1.165) is 37.1 Å². The summed E-state index contributed by atoms with van der Waals surface area (Å²) in [6.45, 7) is 7.90. The van der Waals surface area contributed by atoms with E-state index < -0.39 is 0 Å². The number of anilines is 1. The number of rotatable bonds is 7. The first kappa shape index (κ1) is 13.1. The molecule has 0 aromatic carbocycles. The maximum absolute atomic E-state index is 5.27. The summed E-state index contributed by atoms with van der Waals surface area (Å²) < 4.78 is 5.27. The first-order chi connectivity index (χ1) is 8.83. The molecule has 0 aliphatic carbocycles. The van der Waals surface area contributed by atoms with Crippen LogP contribution in [0.2, 0.25) is 0 Å². The molecular formula is C13H19N3OS. The van der Waals surface area contributed by atoms with Gasteiger partial charge in [-0.05, 0) is 26.0 Å². The van der Waals surface area contributed by atoms with Crippen LogP contribution >= 0.6 is 11.3 Å². The zero-order valence-corrected chi connectivity index (χ0v) is 11.7. The van der Waals surface area contributed by atoms with Gasteiger partial charge >= 0.3 is 0 Å². The fourth-order valence-corrected chi connectivity index (χ4v) is 2.75. The van der Waals surface area contributed by atoms with Gasteiger partial charge < -0.3 is 14.6 Å². The first-order valence-electron chi connectivity index (χ1n) is 6.26. The van der Waals surface area contributed by atoms with Crippen LogP contribution in [-0.4, -0.2) is 18.1 Å². The highest BCUT2D eigenvalue weighted by Gasteiger charge is 2.07. The minimum Gasteiger partial charge on any atom is -0.468 e. The molecule has 0 aliphatic heterocycles. The Morgan fingerprint density at radius 2 is 2.17 bits per heavy atom. The molecule has 18 heavy (non-hydrogen) atoms. The van der Waals surface area contributed by atoms with Crippen molar-refractivity contribution in [3.05, 3.63) is 35.2 Å². The second-order valence-corrected chi connectivity index (χ2v) is 5.06. The average molecular weight is 265 g/mol. The quantitative estimate of drug-likeness (QED) is 0.836. The molecule has 1 N–H and O–H groups in total. The summed E-state index contributed by atoms with van der Waals surface area (Å²) in [6.07, 6.45) is 3.65. The molecule has 4 nitrogen and oxygen atoms in total. The van der Waals surface area contributed by atoms with E-state index >= 15 is 0 Å². The van der Waals surface area contributed by atoms with Crippen molar-refractivity contribution < 1.29 is 4.42 Å². The maximum Gasteiger partial charge on any atom is 0.185 e. The van der Waals surface area contributed by atoms with Crippen molar-refractivity contribution >= 4 is 16.5 Å². The van der Waals surface area contributed by atoms with Crippen LogP contribution < -0.4 is 10.2 Å². The molecule has 0 atom stereocenters. The molecule has 98 valence electrons. The summed E-state index contributed by atoms with van der Waals surface area (Å²) in [5, 5.41) is 4.46. The van der Waals surface area contributed by atoms with E-state index in [1.54, 1.807) is 17.6 Å². The molecule has 5 heteroatoms. The van der Waals surface area contributed by atoms with Gasteiger partial charge in [0, 0.05) is 30.7 Å². The Morgan fingerprint density at radius 3 is 2.83 bits per heavy atom. The van der Waals surface area contributed by atoms with Crippen LogP contribution in [0.25, 0.3) is 0 Å². The highest BCUT2D eigenvalue weighted by molar-refractivity contribution is 7.15. The monoisotopic (exact) mass is 265 g/mol. The van der Waals surface area contributed by atoms with Gasteiger partial charge in [-0.2, -0.15) is 0 Å². The molecular weight excluding hydrogens is 246 g/mol. The fourth-order valence-electron chi connectivity index (χ4n) is 1.74. The normalized spacial score (nSPS) is 10.8. The molecule has 0 aliphatic rings. The lowest BCUT2D eigenvalue weighted by molar-refractivity contribution is 0.483. The van der Waals surface area contributed by atoms with Gasteiger partial charge in [0.05, 0.1) is 12.8 Å². The Kier molecular flexibility index (Phi) is 4.78. The Bertz CT molecular complexity index is 449. The molecule has 0 saturated heterocycles. The predicted octanol–water partition coefficient (Wildman–Crippen LogP) is 2.87. The predicted molar refractivity (Wildman–Crippen MR) is 74.9 cm³/mol. The van der Waals surface area contributed by atoms with Crippen LogP contribution in [0, 0.1) is 0 Å². The van der Waals surface area contributed by atoms with Gasteiger partial charge in [-0.15, -0.1) is 11.3 Å². The van der Waals surface area contributed by atoms with E-state index in [-0.39, 0.29) is 0 Å². The standard InChI is InChI=1S/C13H19N3OS/c1-3-16(4-2)13-15-10-12(18-13)9-14-8-11-6-5-7-17-11/h5-7,10,14H,3-4,8-9H2,1-2H3. The zero-order valence-electron chi connectivity index (χ0n) is 10.8. The number of furan rings is 1. The van der Waals surface area contributed by atoms with Crippen LogP contribution in [0.1, 0.15) is 24.5 Å². The zero-order chi connectivity index (χ0) is 12.8. The van der Waals surface area contributed by atoms with E-state index in [9.17, 15) is 0 Å². The van der Waals surface area contributed by atoms with Gasteiger partial charge in [-0.3, -0.25) is 0 Å². The number of hydrogen-bond acceptors (Lipinski definition) is 5. The van der Waals surface area contributed by atoms with E-state index in [1.165, 1.54) is 4.88 Å². The lowest BCUT2D eigenvalue weighted by Crippen LogP contribution is -2.21. The minimum atomic E-state index is 0.755. The van der Waals surface area contributed by atoms with Crippen LogP contribution in [-0.2, 0) is 13.1 Å². The topological polar surface area (TPSA) is 41.3 Å². The smallest absolute Gasteiger partial charge is 0.185 e. The van der Waals surface area contributed by atoms with Crippen molar-refractivity contribution in [3.63, 3.8) is 0 Å². The summed E-state index contributed by atoms with van der Waals surface area (Å²) in [5.74, 6) is 0.962. The summed E-state index contributed by atoms with van der Waals surface area (Å²) in [6, 6.07) is 3.88. The summed E-state index contributed by atoms with van der Waals surface area (Å²) >= 11 is 1.75. The number of aromatic nitrogens is 1. The lowest BCUT2D eigenvalue weighted by atomic mass is 10.4. The Labute approximate surface area is 112 Å². The van der Waals surface area contributed by atoms with Crippen LogP contribution in [0.4, 0.5) is 5.13 Å². The second-order valence-electron chi connectivity index (χ2n) is 3.96. The summed E-state index contributed by atoms with van der Waals surface area (Å²) in [5.41, 5.74) is 0. The van der Waals surface area contributed by atoms with E-state index in [4.69, 9.17) is 4.42 Å². The molecule has 0 amide bonds. The second kappa shape index (κ2) is 6.56. The third-order valence-corrected chi connectivity index (χ3v) is 3.81. The van der Waals surface area contributed by atoms with E-state index in [0.29, 0.717) is 0 Å². The molecule has 2 aromatic rings. The van der Waals surface area contributed by atoms with Crippen molar-refractivity contribution in [1.82, 2.24) is 10.3 Å². The molecule has 0 saturated carbocycles. The molecule has 0 radical (unpaired) electrons. The maximum atomic E-state index is 5.27. The molecule has 0 bridgehead atoms. The number of thiazole rings is 1. The van der Waals surface area contributed by atoms with Crippen LogP contribution in [0.5, 0.6) is 0 Å². The van der Waals surface area contributed by atoms with Gasteiger partial charge in [0.25, 0.3) is 0 Å².